The van der Waals surface area contributed by atoms with E-state index in [0.717, 1.165) is 12.8 Å². The van der Waals surface area contributed by atoms with Crippen LogP contribution in [-0.2, 0) is 9.78 Å². The van der Waals surface area contributed by atoms with E-state index in [1.54, 1.807) is 60.7 Å². The van der Waals surface area contributed by atoms with Gasteiger partial charge in [0.25, 0.3) is 0 Å². The molecule has 130 valence electrons. The van der Waals surface area contributed by atoms with Crippen LogP contribution >= 0.6 is 0 Å². The number of hydrogen-bond donors (Lipinski definition) is 0. The van der Waals surface area contributed by atoms with E-state index in [2.05, 4.69) is 22.8 Å². The zero-order chi connectivity index (χ0) is 18.3. The van der Waals surface area contributed by atoms with E-state index in [1.165, 1.54) is 12.8 Å². The van der Waals surface area contributed by atoms with Crippen LogP contribution in [0, 0.1) is 11.3 Å². The fourth-order valence-electron chi connectivity index (χ4n) is 1.77. The van der Waals surface area contributed by atoms with E-state index >= 15 is 0 Å². The largest absolute Gasteiger partial charge is 0.386 e. The number of nitriles is 1. The first kappa shape index (κ1) is 19.9. The molecule has 0 amide bonds. The molecule has 0 radical (unpaired) electrons. The van der Waals surface area contributed by atoms with Crippen molar-refractivity contribution < 1.29 is 19.4 Å². The number of unbranched alkanes of at least 4 members (excludes halogenated alkanes) is 3. The van der Waals surface area contributed by atoms with Gasteiger partial charge in [0.15, 0.2) is 0 Å². The van der Waals surface area contributed by atoms with Gasteiger partial charge in [-0.1, -0.05) is 56.2 Å². The van der Waals surface area contributed by atoms with Gasteiger partial charge in [0, 0.05) is 6.42 Å². The lowest BCUT2D eigenvalue weighted by atomic mass is 10.2. The number of carbonyl (C=O) groups is 2. The Kier molecular flexibility index (Phi) is 9.81. The smallest absolute Gasteiger partial charge is 0.242 e. The minimum atomic E-state index is -0.708. The molecule has 0 N–H and O–H groups in total. The molecule has 0 saturated heterocycles. The summed E-state index contributed by atoms with van der Waals surface area (Å²) in [4.78, 5) is 31.9. The molecule has 0 fully saturated rings. The average molecular weight is 339 g/mol. The van der Waals surface area contributed by atoms with Gasteiger partial charge in [0.2, 0.25) is 0 Å². The van der Waals surface area contributed by atoms with Gasteiger partial charge in [-0.25, -0.2) is 19.4 Å². The van der Waals surface area contributed by atoms with Crippen LogP contribution < -0.4 is 0 Å². The molecule has 0 saturated carbocycles. The fraction of sp³-hybridized carbons (Fsp3) is 0.250. The summed E-state index contributed by atoms with van der Waals surface area (Å²) < 4.78 is 0. The van der Waals surface area contributed by atoms with Gasteiger partial charge in [0.05, 0.1) is 17.2 Å². The lowest BCUT2D eigenvalue weighted by molar-refractivity contribution is -0.187. The van der Waals surface area contributed by atoms with Crippen molar-refractivity contribution in [2.75, 3.05) is 0 Å². The lowest BCUT2D eigenvalue weighted by Crippen LogP contribution is -2.11. The van der Waals surface area contributed by atoms with Crippen molar-refractivity contribution in [3.63, 3.8) is 0 Å². The van der Waals surface area contributed by atoms with Crippen molar-refractivity contribution in [2.45, 2.75) is 32.6 Å². The minimum Gasteiger partial charge on any atom is -0.242 e. The highest BCUT2D eigenvalue weighted by molar-refractivity contribution is 5.92. The van der Waals surface area contributed by atoms with Crippen LogP contribution in [0.3, 0.4) is 0 Å². The predicted molar refractivity (Wildman–Crippen MR) is 93.5 cm³/mol. The molecule has 5 nitrogen and oxygen atoms in total. The maximum atomic E-state index is 11.5. The molecule has 25 heavy (non-hydrogen) atoms. The second-order valence-corrected chi connectivity index (χ2v) is 5.09. The third-order valence-electron chi connectivity index (χ3n) is 3.10. The van der Waals surface area contributed by atoms with Gasteiger partial charge in [-0.05, 0) is 30.7 Å². The lowest BCUT2D eigenvalue weighted by Gasteiger charge is -2.02. The summed E-state index contributed by atoms with van der Waals surface area (Å²) in [6.45, 7) is 2.14. The summed E-state index contributed by atoms with van der Waals surface area (Å²) in [7, 11) is 0. The Morgan fingerprint density at radius 2 is 1.28 bits per heavy atom. The molecular weight excluding hydrogens is 318 g/mol. The van der Waals surface area contributed by atoms with Gasteiger partial charge >= 0.3 is 11.9 Å². The molecule has 2 aromatic carbocycles. The topological polar surface area (TPSA) is 76.4 Å². The Balaban J connectivity index is 0.000000381. The molecule has 0 aromatic heterocycles. The summed E-state index contributed by atoms with van der Waals surface area (Å²) in [5.74, 6) is -1.42. The minimum absolute atomic E-state index is 0.318. The van der Waals surface area contributed by atoms with Crippen molar-refractivity contribution in [1.29, 1.82) is 5.26 Å². The van der Waals surface area contributed by atoms with Crippen LogP contribution in [0.4, 0.5) is 0 Å². The molecule has 5 heteroatoms. The van der Waals surface area contributed by atoms with Crippen molar-refractivity contribution in [3.8, 4) is 6.07 Å². The molecular formula is C20H21NO4. The number of nitrogens with zero attached hydrogens (tertiary/aromatic N) is 1. The van der Waals surface area contributed by atoms with Crippen molar-refractivity contribution >= 4 is 11.9 Å². The standard InChI is InChI=1S/C14H10O4.C6H11N/c15-13(11-7-3-1-4-8-11)17-18-14(16)12-9-5-2-6-10-12;1-2-3-4-5-6-7/h1-10H;2-5H2,1H3. The second kappa shape index (κ2) is 12.3. The second-order valence-electron chi connectivity index (χ2n) is 5.09. The van der Waals surface area contributed by atoms with E-state index in [-0.39, 0.29) is 0 Å². The van der Waals surface area contributed by atoms with Crippen molar-refractivity contribution in [1.82, 2.24) is 0 Å². The molecule has 2 aromatic rings. The van der Waals surface area contributed by atoms with E-state index in [0.29, 0.717) is 11.1 Å². The van der Waals surface area contributed by atoms with Gasteiger partial charge in [-0.3, -0.25) is 0 Å². The number of rotatable bonds is 5. The summed E-state index contributed by atoms with van der Waals surface area (Å²) in [5.41, 5.74) is 0.636. The molecule has 0 spiro atoms. The SMILES string of the molecule is CCCCCC#N.O=C(OOC(=O)c1ccccc1)c1ccccc1. The highest BCUT2D eigenvalue weighted by atomic mass is 17.2. The quantitative estimate of drug-likeness (QED) is 0.448. The first-order valence-corrected chi connectivity index (χ1v) is 8.09. The van der Waals surface area contributed by atoms with Crippen LogP contribution in [0.5, 0.6) is 0 Å². The Hall–Kier alpha value is -3.13. The van der Waals surface area contributed by atoms with E-state index in [9.17, 15) is 9.59 Å². The number of benzene rings is 2. The van der Waals surface area contributed by atoms with E-state index in [4.69, 9.17) is 5.26 Å². The van der Waals surface area contributed by atoms with Gasteiger partial charge < -0.3 is 0 Å². The molecule has 0 heterocycles. The monoisotopic (exact) mass is 339 g/mol. The molecule has 0 aliphatic rings. The zero-order valence-corrected chi connectivity index (χ0v) is 14.2. The fourth-order valence-corrected chi connectivity index (χ4v) is 1.77. The molecule has 0 unspecified atom stereocenters. The molecule has 0 aliphatic carbocycles. The van der Waals surface area contributed by atoms with Crippen molar-refractivity contribution in [3.05, 3.63) is 71.8 Å². The van der Waals surface area contributed by atoms with Crippen molar-refractivity contribution in [2.24, 2.45) is 0 Å². The van der Waals surface area contributed by atoms with Gasteiger partial charge in [0.1, 0.15) is 0 Å². The van der Waals surface area contributed by atoms with Crippen LogP contribution in [0.2, 0.25) is 0 Å². The first-order chi connectivity index (χ1) is 12.2. The van der Waals surface area contributed by atoms with Crippen LogP contribution in [-0.4, -0.2) is 11.9 Å². The molecule has 0 bridgehead atoms. The highest BCUT2D eigenvalue weighted by Crippen LogP contribution is 2.05. The summed E-state index contributed by atoms with van der Waals surface area (Å²) in [6, 6.07) is 18.7. The highest BCUT2D eigenvalue weighted by Gasteiger charge is 2.12. The van der Waals surface area contributed by atoms with E-state index in [1.807, 2.05) is 0 Å². The third kappa shape index (κ3) is 8.33. The average Bonchev–Trinajstić information content (AvgIpc) is 2.68. The maximum absolute atomic E-state index is 11.5. The summed E-state index contributed by atoms with van der Waals surface area (Å²) in [5, 5.41) is 8.04. The van der Waals surface area contributed by atoms with E-state index < -0.39 is 11.9 Å². The molecule has 0 aliphatic heterocycles. The third-order valence-corrected chi connectivity index (χ3v) is 3.10. The van der Waals surface area contributed by atoms with Crippen LogP contribution in [0.25, 0.3) is 0 Å². The maximum Gasteiger partial charge on any atom is 0.386 e. The van der Waals surface area contributed by atoms with Crippen LogP contribution in [0.1, 0.15) is 53.3 Å². The normalized spacial score (nSPS) is 9.12. The first-order valence-electron chi connectivity index (χ1n) is 8.09. The Labute approximate surface area is 147 Å². The zero-order valence-electron chi connectivity index (χ0n) is 14.2. The Morgan fingerprint density at radius 1 is 0.840 bits per heavy atom. The van der Waals surface area contributed by atoms with Gasteiger partial charge in [-0.2, -0.15) is 5.26 Å². The number of carbonyl (C=O) groups excluding carboxylic acids is 2. The number of hydrogen-bond acceptors (Lipinski definition) is 5. The Morgan fingerprint density at radius 3 is 1.64 bits per heavy atom. The predicted octanol–water partition coefficient (Wildman–Crippen LogP) is 4.71. The van der Waals surface area contributed by atoms with Gasteiger partial charge in [-0.15, -0.1) is 0 Å². The van der Waals surface area contributed by atoms with Crippen LogP contribution in [0.15, 0.2) is 60.7 Å². The molecule has 2 rings (SSSR count). The summed E-state index contributed by atoms with van der Waals surface area (Å²) in [6.07, 6.45) is 4.22. The summed E-state index contributed by atoms with van der Waals surface area (Å²) >= 11 is 0. The molecule has 0 atom stereocenters. The Bertz CT molecular complexity index is 626.